The first-order valence-electron chi connectivity index (χ1n) is 9.85. The summed E-state index contributed by atoms with van der Waals surface area (Å²) in [6, 6.07) is 16.1. The Labute approximate surface area is 180 Å². The molecule has 0 aliphatic carbocycles. The smallest absolute Gasteiger partial charge is 0.335 e. The van der Waals surface area contributed by atoms with Gasteiger partial charge in [-0.2, -0.15) is 0 Å². The van der Waals surface area contributed by atoms with E-state index in [1.165, 1.54) is 0 Å². The Morgan fingerprint density at radius 2 is 2.07 bits per heavy atom. The SMILES string of the molecule is CC(C)CN1C(=S)N[C@H](c2ccccn2)[C@@H]1c1ccc(-c2cccc(C(=O)O)c2)o1. The average molecular weight is 422 g/mol. The molecule has 154 valence electrons. The minimum absolute atomic E-state index is 0.137. The van der Waals surface area contributed by atoms with Gasteiger partial charge in [-0.25, -0.2) is 4.79 Å². The molecule has 0 amide bonds. The third-order valence-corrected chi connectivity index (χ3v) is 5.42. The van der Waals surface area contributed by atoms with Crippen molar-refractivity contribution in [3.8, 4) is 11.3 Å². The lowest BCUT2D eigenvalue weighted by atomic mass is 10.0. The molecule has 0 bridgehead atoms. The highest BCUT2D eigenvalue weighted by Gasteiger charge is 2.41. The van der Waals surface area contributed by atoms with Crippen LogP contribution in [-0.4, -0.2) is 32.6 Å². The number of rotatable bonds is 6. The van der Waals surface area contributed by atoms with Crippen LogP contribution >= 0.6 is 12.2 Å². The largest absolute Gasteiger partial charge is 0.478 e. The molecule has 1 aliphatic heterocycles. The van der Waals surface area contributed by atoms with E-state index in [-0.39, 0.29) is 17.6 Å². The molecule has 3 heterocycles. The van der Waals surface area contributed by atoms with Crippen molar-refractivity contribution in [2.75, 3.05) is 6.54 Å². The molecule has 1 aliphatic rings. The summed E-state index contributed by atoms with van der Waals surface area (Å²) in [6.07, 6.45) is 1.77. The Morgan fingerprint density at radius 3 is 2.77 bits per heavy atom. The van der Waals surface area contributed by atoms with Gasteiger partial charge < -0.3 is 19.7 Å². The second-order valence-electron chi connectivity index (χ2n) is 7.76. The first-order chi connectivity index (χ1) is 14.4. The number of thiocarbonyl (C=S) groups is 1. The first kappa shape index (κ1) is 20.1. The number of carboxylic acid groups (broad SMARTS) is 1. The number of hydrogen-bond acceptors (Lipinski definition) is 4. The molecule has 6 nitrogen and oxygen atoms in total. The Hall–Kier alpha value is -3.19. The van der Waals surface area contributed by atoms with E-state index in [1.807, 2.05) is 36.4 Å². The molecule has 7 heteroatoms. The van der Waals surface area contributed by atoms with Crippen LogP contribution in [0.2, 0.25) is 0 Å². The maximum Gasteiger partial charge on any atom is 0.335 e. The lowest BCUT2D eigenvalue weighted by Crippen LogP contribution is -2.32. The number of carboxylic acids is 1. The van der Waals surface area contributed by atoms with Crippen molar-refractivity contribution in [2.24, 2.45) is 5.92 Å². The lowest BCUT2D eigenvalue weighted by Gasteiger charge is -2.27. The van der Waals surface area contributed by atoms with Crippen LogP contribution in [0.1, 0.15) is 47.7 Å². The molecule has 2 N–H and O–H groups in total. The van der Waals surface area contributed by atoms with Crippen molar-refractivity contribution in [2.45, 2.75) is 25.9 Å². The quantitative estimate of drug-likeness (QED) is 0.560. The third-order valence-electron chi connectivity index (χ3n) is 5.07. The molecule has 0 saturated carbocycles. The van der Waals surface area contributed by atoms with Gasteiger partial charge in [0.2, 0.25) is 0 Å². The number of benzene rings is 1. The van der Waals surface area contributed by atoms with Gasteiger partial charge in [-0.05, 0) is 54.5 Å². The number of aromatic nitrogens is 1. The number of furan rings is 1. The molecule has 1 aromatic carbocycles. The van der Waals surface area contributed by atoms with Crippen molar-refractivity contribution in [1.82, 2.24) is 15.2 Å². The summed E-state index contributed by atoms with van der Waals surface area (Å²) in [5.41, 5.74) is 1.84. The van der Waals surface area contributed by atoms with Crippen LogP contribution in [0.3, 0.4) is 0 Å². The van der Waals surface area contributed by atoms with Gasteiger partial charge in [0.1, 0.15) is 17.6 Å². The van der Waals surface area contributed by atoms with E-state index in [0.717, 1.165) is 23.6 Å². The van der Waals surface area contributed by atoms with Crippen LogP contribution in [0.25, 0.3) is 11.3 Å². The van der Waals surface area contributed by atoms with Crippen molar-refractivity contribution < 1.29 is 14.3 Å². The second kappa shape index (κ2) is 8.28. The van der Waals surface area contributed by atoms with Crippen LogP contribution in [0.4, 0.5) is 0 Å². The molecule has 1 saturated heterocycles. The predicted molar refractivity (Wildman–Crippen MR) is 118 cm³/mol. The number of nitrogens with zero attached hydrogens (tertiary/aromatic N) is 2. The molecule has 0 unspecified atom stereocenters. The van der Waals surface area contributed by atoms with Gasteiger partial charge >= 0.3 is 5.97 Å². The molecule has 30 heavy (non-hydrogen) atoms. The number of carbonyl (C=O) groups is 1. The Kier molecular flexibility index (Phi) is 5.55. The Balaban J connectivity index is 1.72. The molecule has 4 rings (SSSR count). The molecule has 0 spiro atoms. The van der Waals surface area contributed by atoms with Gasteiger partial charge in [0.25, 0.3) is 0 Å². The summed E-state index contributed by atoms with van der Waals surface area (Å²) in [7, 11) is 0. The molecule has 2 atom stereocenters. The zero-order valence-electron chi connectivity index (χ0n) is 16.8. The summed E-state index contributed by atoms with van der Waals surface area (Å²) in [5, 5.41) is 13.4. The average Bonchev–Trinajstić information content (AvgIpc) is 3.34. The highest BCUT2D eigenvalue weighted by Crippen LogP contribution is 2.40. The zero-order chi connectivity index (χ0) is 21.3. The number of aromatic carboxylic acids is 1. The van der Waals surface area contributed by atoms with Crippen LogP contribution in [0, 0.1) is 5.92 Å². The van der Waals surface area contributed by atoms with Crippen LogP contribution in [-0.2, 0) is 0 Å². The van der Waals surface area contributed by atoms with Crippen LogP contribution in [0.15, 0.2) is 65.2 Å². The number of hydrogen-bond donors (Lipinski definition) is 2. The van der Waals surface area contributed by atoms with E-state index in [9.17, 15) is 9.90 Å². The summed E-state index contributed by atoms with van der Waals surface area (Å²) in [6.45, 7) is 5.09. The van der Waals surface area contributed by atoms with Gasteiger partial charge in [0.15, 0.2) is 5.11 Å². The van der Waals surface area contributed by atoms with Crippen LogP contribution < -0.4 is 5.32 Å². The molecule has 3 aromatic rings. The van der Waals surface area contributed by atoms with E-state index in [2.05, 4.69) is 29.0 Å². The van der Waals surface area contributed by atoms with Gasteiger partial charge in [-0.3, -0.25) is 4.98 Å². The minimum atomic E-state index is -0.965. The zero-order valence-corrected chi connectivity index (χ0v) is 17.6. The maximum absolute atomic E-state index is 11.3. The van der Waals surface area contributed by atoms with E-state index < -0.39 is 5.97 Å². The molecule has 0 radical (unpaired) electrons. The fourth-order valence-corrected chi connectivity index (χ4v) is 4.09. The monoisotopic (exact) mass is 421 g/mol. The van der Waals surface area contributed by atoms with Gasteiger partial charge in [0.05, 0.1) is 17.3 Å². The normalized spacial score (nSPS) is 18.6. The van der Waals surface area contributed by atoms with Crippen molar-refractivity contribution in [3.63, 3.8) is 0 Å². The minimum Gasteiger partial charge on any atom is -0.478 e. The van der Waals surface area contributed by atoms with Gasteiger partial charge in [-0.1, -0.05) is 32.0 Å². The predicted octanol–water partition coefficient (Wildman–Crippen LogP) is 4.67. The lowest BCUT2D eigenvalue weighted by molar-refractivity contribution is 0.0697. The van der Waals surface area contributed by atoms with E-state index in [0.29, 0.717) is 16.8 Å². The summed E-state index contributed by atoms with van der Waals surface area (Å²) < 4.78 is 6.24. The fraction of sp³-hybridized carbons (Fsp3) is 0.261. The summed E-state index contributed by atoms with van der Waals surface area (Å²) in [4.78, 5) is 18.0. The van der Waals surface area contributed by atoms with Crippen molar-refractivity contribution >= 4 is 23.3 Å². The van der Waals surface area contributed by atoms with Gasteiger partial charge in [-0.15, -0.1) is 0 Å². The standard InChI is InChI=1S/C23H23N3O3S/c1-14(2)13-26-21(20(25-23(26)30)17-8-3-4-11-24-17)19-10-9-18(29-19)15-6-5-7-16(12-15)22(27)28/h3-12,14,20-21H,13H2,1-2H3,(H,25,30)(H,27,28)/t20-,21+/m1/s1. The fourth-order valence-electron chi connectivity index (χ4n) is 3.78. The topological polar surface area (TPSA) is 78.6 Å². The van der Waals surface area contributed by atoms with Crippen LogP contribution in [0.5, 0.6) is 0 Å². The Morgan fingerprint density at radius 1 is 1.23 bits per heavy atom. The first-order valence-corrected chi connectivity index (χ1v) is 10.3. The van der Waals surface area contributed by atoms with E-state index in [1.54, 1.807) is 24.4 Å². The summed E-state index contributed by atoms with van der Waals surface area (Å²) in [5.74, 6) is 0.827. The molecule has 2 aromatic heterocycles. The highest BCUT2D eigenvalue weighted by molar-refractivity contribution is 7.80. The molecular weight excluding hydrogens is 398 g/mol. The molecular formula is C23H23N3O3S. The van der Waals surface area contributed by atoms with Crippen molar-refractivity contribution in [1.29, 1.82) is 0 Å². The van der Waals surface area contributed by atoms with E-state index >= 15 is 0 Å². The number of nitrogens with one attached hydrogen (secondary N) is 1. The Bertz CT molecular complexity index is 1060. The molecule has 1 fully saturated rings. The van der Waals surface area contributed by atoms with Crippen molar-refractivity contribution in [3.05, 3.63) is 77.8 Å². The maximum atomic E-state index is 11.3. The second-order valence-corrected chi connectivity index (χ2v) is 8.15. The highest BCUT2D eigenvalue weighted by atomic mass is 32.1. The van der Waals surface area contributed by atoms with Gasteiger partial charge in [0, 0.05) is 18.3 Å². The third kappa shape index (κ3) is 3.93. The number of pyridine rings is 1. The van der Waals surface area contributed by atoms with E-state index in [4.69, 9.17) is 16.6 Å². The summed E-state index contributed by atoms with van der Waals surface area (Å²) >= 11 is 5.64.